The topological polar surface area (TPSA) is 32.7 Å². The molecule has 1 aromatic rings. The van der Waals surface area contributed by atoms with Crippen LogP contribution in [0.3, 0.4) is 0 Å². The van der Waals surface area contributed by atoms with Crippen molar-refractivity contribution in [1.82, 2.24) is 4.90 Å². The minimum absolute atomic E-state index is 0.154. The zero-order valence-electron chi connectivity index (χ0n) is 12.9. The second kappa shape index (κ2) is 6.59. The van der Waals surface area contributed by atoms with Gasteiger partial charge in [0.15, 0.2) is 0 Å². The van der Waals surface area contributed by atoms with E-state index in [9.17, 15) is 5.11 Å². The third kappa shape index (κ3) is 3.33. The van der Waals surface area contributed by atoms with Crippen molar-refractivity contribution >= 4 is 0 Å². The van der Waals surface area contributed by atoms with Gasteiger partial charge < -0.3 is 14.7 Å². The second-order valence-electron chi connectivity index (χ2n) is 6.12. The van der Waals surface area contributed by atoms with E-state index in [1.165, 1.54) is 5.56 Å². The lowest BCUT2D eigenvalue weighted by molar-refractivity contribution is 0.0676. The molecule has 2 atom stereocenters. The Balaban J connectivity index is 2.01. The van der Waals surface area contributed by atoms with Gasteiger partial charge in [0.2, 0.25) is 0 Å². The molecule has 3 nitrogen and oxygen atoms in total. The van der Waals surface area contributed by atoms with Crippen LogP contribution in [0.1, 0.15) is 32.8 Å². The van der Waals surface area contributed by atoms with Gasteiger partial charge in [-0.15, -0.1) is 0 Å². The van der Waals surface area contributed by atoms with Gasteiger partial charge in [-0.1, -0.05) is 26.0 Å². The van der Waals surface area contributed by atoms with Gasteiger partial charge in [0.05, 0.1) is 6.61 Å². The molecule has 1 aromatic carbocycles. The van der Waals surface area contributed by atoms with Crippen LogP contribution in [0, 0.1) is 5.92 Å². The molecule has 0 bridgehead atoms. The summed E-state index contributed by atoms with van der Waals surface area (Å²) in [6.45, 7) is 11.5. The number of phenolic OH excluding ortho intramolecular Hbond substituents is 1. The number of benzene rings is 1. The summed E-state index contributed by atoms with van der Waals surface area (Å²) in [6.07, 6.45) is 1.13. The van der Waals surface area contributed by atoms with Gasteiger partial charge in [0.1, 0.15) is 5.75 Å². The van der Waals surface area contributed by atoms with E-state index in [4.69, 9.17) is 4.74 Å². The zero-order chi connectivity index (χ0) is 14.6. The minimum Gasteiger partial charge on any atom is -0.508 e. The molecule has 0 unspecified atom stereocenters. The van der Waals surface area contributed by atoms with Crippen LogP contribution in [0.2, 0.25) is 0 Å². The lowest BCUT2D eigenvalue weighted by Crippen LogP contribution is -2.48. The summed E-state index contributed by atoms with van der Waals surface area (Å²) < 4.78 is 5.45. The van der Waals surface area contributed by atoms with Gasteiger partial charge in [0.25, 0.3) is 0 Å². The molecule has 0 amide bonds. The van der Waals surface area contributed by atoms with E-state index in [0.717, 1.165) is 39.3 Å². The van der Waals surface area contributed by atoms with Gasteiger partial charge in [-0.25, -0.2) is 0 Å². The second-order valence-corrected chi connectivity index (χ2v) is 6.12. The molecule has 0 radical (unpaired) electrons. The normalized spacial score (nSPS) is 27.6. The summed E-state index contributed by atoms with van der Waals surface area (Å²) in [5.74, 6) is 0.939. The van der Waals surface area contributed by atoms with Crippen LogP contribution in [-0.4, -0.2) is 42.9 Å². The molecule has 1 aliphatic rings. The third-order valence-electron chi connectivity index (χ3n) is 4.83. The molecule has 112 valence electrons. The van der Waals surface area contributed by atoms with Crippen molar-refractivity contribution in [1.29, 1.82) is 0 Å². The van der Waals surface area contributed by atoms with Crippen molar-refractivity contribution in [2.45, 2.75) is 32.6 Å². The van der Waals surface area contributed by atoms with Crippen LogP contribution in [0.4, 0.5) is 0 Å². The number of phenols is 1. The summed E-state index contributed by atoms with van der Waals surface area (Å²) in [6, 6.07) is 7.76. The third-order valence-corrected chi connectivity index (χ3v) is 4.83. The molecule has 1 fully saturated rings. The van der Waals surface area contributed by atoms with E-state index in [2.05, 4.69) is 24.8 Å². The molecule has 0 spiro atoms. The lowest BCUT2D eigenvalue weighted by Gasteiger charge is -2.45. The van der Waals surface area contributed by atoms with Gasteiger partial charge in [0, 0.05) is 19.7 Å². The van der Waals surface area contributed by atoms with Crippen molar-refractivity contribution in [2.24, 2.45) is 5.92 Å². The highest BCUT2D eigenvalue weighted by Crippen LogP contribution is 2.40. The molecule has 2 rings (SSSR count). The van der Waals surface area contributed by atoms with Crippen LogP contribution < -0.4 is 0 Å². The SMILES string of the molecule is CCOCCN1CC[C@](C)(c2cccc(O)c2)[C@H](C)C1. The summed E-state index contributed by atoms with van der Waals surface area (Å²) in [5.41, 5.74) is 1.41. The Bertz CT molecular complexity index is 435. The highest BCUT2D eigenvalue weighted by atomic mass is 16.5. The predicted octanol–water partition coefficient (Wildman–Crippen LogP) is 3.03. The first-order valence-corrected chi connectivity index (χ1v) is 7.66. The first kappa shape index (κ1) is 15.3. The fourth-order valence-corrected chi connectivity index (χ4v) is 3.15. The molecule has 20 heavy (non-hydrogen) atoms. The number of ether oxygens (including phenoxy) is 1. The maximum atomic E-state index is 9.71. The maximum Gasteiger partial charge on any atom is 0.115 e. The number of hydrogen-bond acceptors (Lipinski definition) is 3. The number of nitrogens with zero attached hydrogens (tertiary/aromatic N) is 1. The first-order chi connectivity index (χ1) is 9.56. The molecule has 0 aliphatic carbocycles. The van der Waals surface area contributed by atoms with Crippen molar-refractivity contribution in [2.75, 3.05) is 32.8 Å². The monoisotopic (exact) mass is 277 g/mol. The van der Waals surface area contributed by atoms with E-state index in [1.54, 1.807) is 6.07 Å². The molecular weight excluding hydrogens is 250 g/mol. The zero-order valence-corrected chi connectivity index (χ0v) is 12.9. The summed E-state index contributed by atoms with van der Waals surface area (Å²) in [4.78, 5) is 2.49. The largest absolute Gasteiger partial charge is 0.508 e. The Morgan fingerprint density at radius 3 is 2.90 bits per heavy atom. The van der Waals surface area contributed by atoms with Crippen LogP contribution in [0.5, 0.6) is 5.75 Å². The summed E-state index contributed by atoms with van der Waals surface area (Å²) in [5, 5.41) is 9.71. The maximum absolute atomic E-state index is 9.71. The Labute approximate surface area is 122 Å². The fourth-order valence-electron chi connectivity index (χ4n) is 3.15. The smallest absolute Gasteiger partial charge is 0.115 e. The average molecular weight is 277 g/mol. The van der Waals surface area contributed by atoms with Gasteiger partial charge in [-0.2, -0.15) is 0 Å². The summed E-state index contributed by atoms with van der Waals surface area (Å²) >= 11 is 0. The van der Waals surface area contributed by atoms with Crippen LogP contribution >= 0.6 is 0 Å². The first-order valence-electron chi connectivity index (χ1n) is 7.66. The molecule has 0 aromatic heterocycles. The fraction of sp³-hybridized carbons (Fsp3) is 0.647. The van der Waals surface area contributed by atoms with Gasteiger partial charge in [-0.05, 0) is 48.9 Å². The molecule has 3 heteroatoms. The highest BCUT2D eigenvalue weighted by molar-refractivity contribution is 5.33. The molecule has 0 saturated carbocycles. The number of piperidine rings is 1. The van der Waals surface area contributed by atoms with E-state index in [0.29, 0.717) is 11.7 Å². The van der Waals surface area contributed by atoms with Crippen molar-refractivity contribution in [3.05, 3.63) is 29.8 Å². The number of hydrogen-bond donors (Lipinski definition) is 1. The van der Waals surface area contributed by atoms with Crippen LogP contribution in [0.15, 0.2) is 24.3 Å². The van der Waals surface area contributed by atoms with E-state index >= 15 is 0 Å². The number of rotatable bonds is 5. The van der Waals surface area contributed by atoms with E-state index < -0.39 is 0 Å². The highest BCUT2D eigenvalue weighted by Gasteiger charge is 2.37. The Kier molecular flexibility index (Phi) is 5.06. The Morgan fingerprint density at radius 2 is 2.25 bits per heavy atom. The minimum atomic E-state index is 0.154. The predicted molar refractivity (Wildman–Crippen MR) is 82.2 cm³/mol. The molecular formula is C17H27NO2. The van der Waals surface area contributed by atoms with Crippen LogP contribution in [0.25, 0.3) is 0 Å². The molecule has 1 saturated heterocycles. The standard InChI is InChI=1S/C17H27NO2/c1-4-20-11-10-18-9-8-17(3,14(2)13-18)15-6-5-7-16(19)12-15/h5-7,12,14,19H,4,8-11,13H2,1-3H3/t14-,17+/m1/s1. The Hall–Kier alpha value is -1.06. The quantitative estimate of drug-likeness (QED) is 0.840. The van der Waals surface area contributed by atoms with E-state index in [1.807, 2.05) is 19.1 Å². The number of aromatic hydroxyl groups is 1. The Morgan fingerprint density at radius 1 is 1.45 bits per heavy atom. The van der Waals surface area contributed by atoms with Crippen molar-refractivity contribution in [3.8, 4) is 5.75 Å². The molecule has 1 N–H and O–H groups in total. The lowest BCUT2D eigenvalue weighted by atomic mass is 9.68. The van der Waals surface area contributed by atoms with E-state index in [-0.39, 0.29) is 5.41 Å². The van der Waals surface area contributed by atoms with Gasteiger partial charge in [-0.3, -0.25) is 0 Å². The molecule has 1 heterocycles. The van der Waals surface area contributed by atoms with Crippen molar-refractivity contribution < 1.29 is 9.84 Å². The number of likely N-dealkylation sites (tertiary alicyclic amines) is 1. The summed E-state index contributed by atoms with van der Waals surface area (Å²) in [7, 11) is 0. The van der Waals surface area contributed by atoms with Gasteiger partial charge >= 0.3 is 0 Å². The molecule has 1 aliphatic heterocycles. The van der Waals surface area contributed by atoms with Crippen LogP contribution in [-0.2, 0) is 10.2 Å². The average Bonchev–Trinajstić information content (AvgIpc) is 2.43. The van der Waals surface area contributed by atoms with Crippen molar-refractivity contribution in [3.63, 3.8) is 0 Å².